The molecule has 0 bridgehead atoms. The van der Waals surface area contributed by atoms with Gasteiger partial charge in [0, 0.05) is 24.5 Å². The van der Waals surface area contributed by atoms with Gasteiger partial charge in [-0.15, -0.1) is 0 Å². The molecular weight excluding hydrogens is 257 g/mol. The first-order valence-electron chi connectivity index (χ1n) is 6.23. The van der Waals surface area contributed by atoms with Crippen molar-refractivity contribution in [3.8, 4) is 0 Å². The molecule has 0 saturated heterocycles. The number of halogens is 1. The Morgan fingerprint density at radius 3 is 2.70 bits per heavy atom. The van der Waals surface area contributed by atoms with Crippen LogP contribution in [0, 0.1) is 5.82 Å². The summed E-state index contributed by atoms with van der Waals surface area (Å²) in [5.41, 5.74) is 8.70. The molecule has 0 amide bonds. The van der Waals surface area contributed by atoms with E-state index >= 15 is 0 Å². The van der Waals surface area contributed by atoms with Crippen LogP contribution in [0.15, 0.2) is 46.9 Å². The Morgan fingerprint density at radius 2 is 1.95 bits per heavy atom. The molecule has 20 heavy (non-hydrogen) atoms. The number of oxazole rings is 1. The molecule has 5 heteroatoms. The van der Waals surface area contributed by atoms with E-state index in [4.69, 9.17) is 10.2 Å². The zero-order valence-corrected chi connectivity index (χ0v) is 11.0. The van der Waals surface area contributed by atoms with Gasteiger partial charge in [0.25, 0.3) is 0 Å². The summed E-state index contributed by atoms with van der Waals surface area (Å²) < 4.78 is 18.6. The van der Waals surface area contributed by atoms with E-state index in [1.165, 1.54) is 12.1 Å². The molecule has 1 aromatic heterocycles. The number of fused-ring (bicyclic) bond motifs is 1. The number of benzene rings is 2. The zero-order valence-electron chi connectivity index (χ0n) is 11.0. The van der Waals surface area contributed by atoms with Crippen molar-refractivity contribution in [1.82, 2.24) is 4.98 Å². The van der Waals surface area contributed by atoms with Gasteiger partial charge in [-0.05, 0) is 36.4 Å². The number of nitrogen functional groups attached to an aromatic ring is 1. The smallest absolute Gasteiger partial charge is 0.215 e. The highest BCUT2D eigenvalue weighted by atomic mass is 19.1. The number of nitrogens with zero attached hydrogens (tertiary/aromatic N) is 2. The zero-order chi connectivity index (χ0) is 14.1. The quantitative estimate of drug-likeness (QED) is 0.743. The summed E-state index contributed by atoms with van der Waals surface area (Å²) in [4.78, 5) is 6.34. The first-order chi connectivity index (χ1) is 9.61. The van der Waals surface area contributed by atoms with Gasteiger partial charge in [0.15, 0.2) is 5.58 Å². The molecule has 0 spiro atoms. The van der Waals surface area contributed by atoms with Crippen molar-refractivity contribution in [3.63, 3.8) is 0 Å². The van der Waals surface area contributed by atoms with Crippen LogP contribution < -0.4 is 10.6 Å². The van der Waals surface area contributed by atoms with Gasteiger partial charge >= 0.3 is 0 Å². The number of aromatic nitrogens is 1. The van der Waals surface area contributed by atoms with Crippen LogP contribution in [-0.2, 0) is 6.54 Å². The third kappa shape index (κ3) is 2.42. The van der Waals surface area contributed by atoms with E-state index < -0.39 is 0 Å². The second-order valence-corrected chi connectivity index (χ2v) is 4.67. The Hall–Kier alpha value is -2.56. The van der Waals surface area contributed by atoms with E-state index in [2.05, 4.69) is 4.98 Å². The fourth-order valence-electron chi connectivity index (χ4n) is 2.05. The minimum absolute atomic E-state index is 0.250. The molecule has 0 radical (unpaired) electrons. The lowest BCUT2D eigenvalue weighted by atomic mass is 10.3. The highest BCUT2D eigenvalue weighted by Crippen LogP contribution is 2.21. The Morgan fingerprint density at radius 1 is 1.20 bits per heavy atom. The summed E-state index contributed by atoms with van der Waals surface area (Å²) in [6, 6.07) is 11.7. The van der Waals surface area contributed by atoms with Gasteiger partial charge in [-0.25, -0.2) is 9.37 Å². The van der Waals surface area contributed by atoms with Crippen LogP contribution >= 0.6 is 0 Å². The topological polar surface area (TPSA) is 55.3 Å². The second-order valence-electron chi connectivity index (χ2n) is 4.67. The molecule has 0 saturated carbocycles. The predicted molar refractivity (Wildman–Crippen MR) is 76.9 cm³/mol. The largest absolute Gasteiger partial charge is 0.439 e. The SMILES string of the molecule is CN(Cc1nc2ccc(N)cc2o1)c1ccc(F)cc1. The monoisotopic (exact) mass is 271 g/mol. The molecule has 0 fully saturated rings. The Labute approximate surface area is 115 Å². The van der Waals surface area contributed by atoms with Crippen LogP contribution in [0.3, 0.4) is 0 Å². The van der Waals surface area contributed by atoms with Crippen LogP contribution in [-0.4, -0.2) is 12.0 Å². The average molecular weight is 271 g/mol. The maximum absolute atomic E-state index is 12.9. The third-order valence-electron chi connectivity index (χ3n) is 3.10. The average Bonchev–Trinajstić information content (AvgIpc) is 2.80. The number of anilines is 2. The first kappa shape index (κ1) is 12.5. The molecule has 3 rings (SSSR count). The molecule has 2 aromatic carbocycles. The van der Waals surface area contributed by atoms with E-state index in [0.29, 0.717) is 23.7 Å². The van der Waals surface area contributed by atoms with E-state index in [-0.39, 0.29) is 5.82 Å². The Kier molecular flexibility index (Phi) is 3.02. The minimum atomic E-state index is -0.250. The minimum Gasteiger partial charge on any atom is -0.439 e. The summed E-state index contributed by atoms with van der Waals surface area (Å²) in [7, 11) is 1.90. The van der Waals surface area contributed by atoms with Gasteiger partial charge in [-0.1, -0.05) is 0 Å². The van der Waals surface area contributed by atoms with Gasteiger partial charge in [0.05, 0.1) is 6.54 Å². The van der Waals surface area contributed by atoms with E-state index in [1.807, 2.05) is 18.0 Å². The lowest BCUT2D eigenvalue weighted by Crippen LogP contribution is -2.16. The van der Waals surface area contributed by atoms with Gasteiger partial charge in [-0.2, -0.15) is 0 Å². The Bertz CT molecular complexity index is 736. The van der Waals surface area contributed by atoms with E-state index in [0.717, 1.165) is 11.2 Å². The fraction of sp³-hybridized carbons (Fsp3) is 0.133. The van der Waals surface area contributed by atoms with Crippen molar-refractivity contribution < 1.29 is 8.81 Å². The van der Waals surface area contributed by atoms with Crippen LogP contribution in [0.4, 0.5) is 15.8 Å². The predicted octanol–water partition coefficient (Wildman–Crippen LogP) is 3.19. The lowest BCUT2D eigenvalue weighted by Gasteiger charge is -2.16. The summed E-state index contributed by atoms with van der Waals surface area (Å²) in [5.74, 6) is 0.344. The third-order valence-corrected chi connectivity index (χ3v) is 3.10. The standard InChI is InChI=1S/C15H14FN3O/c1-19(12-5-2-10(16)3-6-12)9-15-18-13-7-4-11(17)8-14(13)20-15/h2-8H,9,17H2,1H3. The molecule has 102 valence electrons. The van der Waals surface area contributed by atoms with Crippen LogP contribution in [0.1, 0.15) is 5.89 Å². The molecule has 0 aliphatic heterocycles. The van der Waals surface area contributed by atoms with Gasteiger partial charge in [0.2, 0.25) is 5.89 Å². The van der Waals surface area contributed by atoms with Crippen molar-refractivity contribution in [2.75, 3.05) is 17.7 Å². The van der Waals surface area contributed by atoms with Crippen molar-refractivity contribution in [2.45, 2.75) is 6.54 Å². The van der Waals surface area contributed by atoms with Crippen LogP contribution in [0.5, 0.6) is 0 Å². The summed E-state index contributed by atoms with van der Waals surface area (Å²) in [6.45, 7) is 0.500. The molecule has 4 nitrogen and oxygen atoms in total. The van der Waals surface area contributed by atoms with E-state index in [1.54, 1.807) is 24.3 Å². The Balaban J connectivity index is 1.83. The number of nitrogens with two attached hydrogens (primary N) is 1. The number of hydrogen-bond acceptors (Lipinski definition) is 4. The van der Waals surface area contributed by atoms with Gasteiger partial charge in [-0.3, -0.25) is 0 Å². The van der Waals surface area contributed by atoms with Crippen molar-refractivity contribution in [3.05, 3.63) is 54.2 Å². The lowest BCUT2D eigenvalue weighted by molar-refractivity contribution is 0.527. The van der Waals surface area contributed by atoms with E-state index in [9.17, 15) is 4.39 Å². The summed E-state index contributed by atoms with van der Waals surface area (Å²) in [5, 5.41) is 0. The highest BCUT2D eigenvalue weighted by molar-refractivity contribution is 5.76. The molecule has 2 N–H and O–H groups in total. The maximum atomic E-state index is 12.9. The van der Waals surface area contributed by atoms with Crippen LogP contribution in [0.2, 0.25) is 0 Å². The van der Waals surface area contributed by atoms with Gasteiger partial charge < -0.3 is 15.1 Å². The highest BCUT2D eigenvalue weighted by Gasteiger charge is 2.09. The number of rotatable bonds is 3. The van der Waals surface area contributed by atoms with Crippen LogP contribution in [0.25, 0.3) is 11.1 Å². The molecule has 0 aliphatic rings. The number of hydrogen-bond donors (Lipinski definition) is 1. The van der Waals surface area contributed by atoms with Crippen molar-refractivity contribution in [2.24, 2.45) is 0 Å². The van der Waals surface area contributed by atoms with Gasteiger partial charge in [0.1, 0.15) is 11.3 Å². The summed E-state index contributed by atoms with van der Waals surface area (Å²) >= 11 is 0. The molecular formula is C15H14FN3O. The molecule has 1 heterocycles. The molecule has 3 aromatic rings. The molecule has 0 atom stereocenters. The normalized spacial score (nSPS) is 10.9. The van der Waals surface area contributed by atoms with Crippen molar-refractivity contribution in [1.29, 1.82) is 0 Å². The first-order valence-corrected chi connectivity index (χ1v) is 6.23. The summed E-state index contributed by atoms with van der Waals surface area (Å²) in [6.07, 6.45) is 0. The molecule has 0 unspecified atom stereocenters. The van der Waals surface area contributed by atoms with Crippen molar-refractivity contribution >= 4 is 22.5 Å². The molecule has 0 aliphatic carbocycles. The maximum Gasteiger partial charge on any atom is 0.215 e. The fourth-order valence-corrected chi connectivity index (χ4v) is 2.05. The second kappa shape index (κ2) is 4.85.